The predicted octanol–water partition coefficient (Wildman–Crippen LogP) is 1.34. The number of aliphatic hydroxyl groups is 2. The van der Waals surface area contributed by atoms with E-state index in [0.717, 1.165) is 49.8 Å². The van der Waals surface area contributed by atoms with E-state index >= 15 is 0 Å². The third-order valence-corrected chi connectivity index (χ3v) is 4.37. The zero-order valence-corrected chi connectivity index (χ0v) is 14.2. The highest BCUT2D eigenvalue weighted by Gasteiger charge is 2.20. The monoisotopic (exact) mass is 343 g/mol. The number of hydrogen-bond acceptors (Lipinski definition) is 7. The number of aromatic nitrogens is 2. The van der Waals surface area contributed by atoms with Gasteiger partial charge >= 0.3 is 0 Å². The van der Waals surface area contributed by atoms with E-state index in [4.69, 9.17) is 10.2 Å². The van der Waals surface area contributed by atoms with Gasteiger partial charge in [0.1, 0.15) is 5.82 Å². The molecule has 4 N–H and O–H groups in total. The van der Waals surface area contributed by atoms with Gasteiger partial charge in [0.15, 0.2) is 12.1 Å². The second kappa shape index (κ2) is 8.75. The summed E-state index contributed by atoms with van der Waals surface area (Å²) in [6, 6.07) is 9.93. The van der Waals surface area contributed by atoms with Crippen LogP contribution in [-0.4, -0.2) is 52.7 Å². The average molecular weight is 343 g/mol. The standard InChI is InChI=1S/C18H25N5O2/c24-18(25)13-19-10-14-6-8-23(9-7-14)17-12-20-11-16(22-17)21-15-4-2-1-3-5-15/h1-5,11-12,14,18-19,24-25H,6-10,13H2,(H,21,22). The number of hydrogen-bond donors (Lipinski definition) is 4. The van der Waals surface area contributed by atoms with Crippen LogP contribution in [0.3, 0.4) is 0 Å². The van der Waals surface area contributed by atoms with E-state index in [-0.39, 0.29) is 6.54 Å². The van der Waals surface area contributed by atoms with Crippen molar-refractivity contribution in [3.05, 3.63) is 42.7 Å². The molecule has 0 unspecified atom stereocenters. The van der Waals surface area contributed by atoms with Crippen molar-refractivity contribution in [1.82, 2.24) is 15.3 Å². The maximum atomic E-state index is 8.87. The molecule has 1 fully saturated rings. The van der Waals surface area contributed by atoms with E-state index in [2.05, 4.69) is 25.5 Å². The smallest absolute Gasteiger partial charge is 0.164 e. The molecule has 0 atom stereocenters. The maximum absolute atomic E-state index is 8.87. The Kier molecular flexibility index (Phi) is 6.16. The summed E-state index contributed by atoms with van der Waals surface area (Å²) in [6.07, 6.45) is 4.35. The van der Waals surface area contributed by atoms with Gasteiger partial charge in [0.25, 0.3) is 0 Å². The van der Waals surface area contributed by atoms with Crippen molar-refractivity contribution in [3.8, 4) is 0 Å². The van der Waals surface area contributed by atoms with Crippen molar-refractivity contribution >= 4 is 17.3 Å². The molecule has 0 saturated carbocycles. The Bertz CT molecular complexity index is 645. The highest BCUT2D eigenvalue weighted by atomic mass is 16.5. The fourth-order valence-corrected chi connectivity index (χ4v) is 3.02. The van der Waals surface area contributed by atoms with Gasteiger partial charge in [-0.2, -0.15) is 0 Å². The number of anilines is 3. The van der Waals surface area contributed by atoms with Crippen LogP contribution in [0.2, 0.25) is 0 Å². The van der Waals surface area contributed by atoms with Gasteiger partial charge in [0.2, 0.25) is 0 Å². The molecule has 2 aromatic rings. The molecule has 2 heterocycles. The molecule has 3 rings (SSSR count). The minimum absolute atomic E-state index is 0.221. The zero-order valence-electron chi connectivity index (χ0n) is 14.2. The summed E-state index contributed by atoms with van der Waals surface area (Å²) in [7, 11) is 0. The van der Waals surface area contributed by atoms with Crippen LogP contribution in [0.15, 0.2) is 42.7 Å². The number of aliphatic hydroxyl groups excluding tert-OH is 1. The predicted molar refractivity (Wildman–Crippen MR) is 97.8 cm³/mol. The van der Waals surface area contributed by atoms with Crippen LogP contribution in [0.25, 0.3) is 0 Å². The minimum atomic E-state index is -1.28. The molecule has 7 heteroatoms. The fraction of sp³-hybridized carbons (Fsp3) is 0.444. The first-order chi connectivity index (χ1) is 12.2. The Morgan fingerprint density at radius 3 is 2.60 bits per heavy atom. The molecule has 0 amide bonds. The van der Waals surface area contributed by atoms with Crippen LogP contribution >= 0.6 is 0 Å². The van der Waals surface area contributed by atoms with Crippen molar-refractivity contribution in [2.45, 2.75) is 19.1 Å². The van der Waals surface area contributed by atoms with E-state index in [0.29, 0.717) is 5.92 Å². The number of nitrogens with zero attached hydrogens (tertiary/aromatic N) is 3. The average Bonchev–Trinajstić information content (AvgIpc) is 2.63. The van der Waals surface area contributed by atoms with Crippen LogP contribution in [0.4, 0.5) is 17.3 Å². The Labute approximate surface area is 147 Å². The molecule has 0 aliphatic carbocycles. The lowest BCUT2D eigenvalue weighted by Gasteiger charge is -2.32. The highest BCUT2D eigenvalue weighted by Crippen LogP contribution is 2.22. The number of rotatable bonds is 7. The van der Waals surface area contributed by atoms with Crippen molar-refractivity contribution in [3.63, 3.8) is 0 Å². The molecule has 1 aromatic carbocycles. The van der Waals surface area contributed by atoms with Crippen molar-refractivity contribution < 1.29 is 10.2 Å². The van der Waals surface area contributed by atoms with E-state index in [1.165, 1.54) is 0 Å². The lowest BCUT2D eigenvalue weighted by Crippen LogP contribution is -2.39. The first-order valence-electron chi connectivity index (χ1n) is 8.66. The van der Waals surface area contributed by atoms with Crippen LogP contribution in [0, 0.1) is 5.92 Å². The Morgan fingerprint density at radius 2 is 1.88 bits per heavy atom. The van der Waals surface area contributed by atoms with E-state index in [1.54, 1.807) is 12.4 Å². The number of para-hydroxylation sites is 1. The van der Waals surface area contributed by atoms with E-state index < -0.39 is 6.29 Å². The van der Waals surface area contributed by atoms with Crippen LogP contribution < -0.4 is 15.5 Å². The van der Waals surface area contributed by atoms with Crippen molar-refractivity contribution in [2.75, 3.05) is 36.4 Å². The summed E-state index contributed by atoms with van der Waals surface area (Å²) in [5, 5.41) is 24.1. The Balaban J connectivity index is 1.52. The normalized spacial score (nSPS) is 15.6. The highest BCUT2D eigenvalue weighted by molar-refractivity contribution is 5.56. The molecule has 0 bridgehead atoms. The number of piperidine rings is 1. The van der Waals surface area contributed by atoms with Gasteiger partial charge in [0.05, 0.1) is 12.4 Å². The zero-order chi connectivity index (χ0) is 17.5. The second-order valence-electron chi connectivity index (χ2n) is 6.32. The topological polar surface area (TPSA) is 93.5 Å². The molecule has 134 valence electrons. The van der Waals surface area contributed by atoms with Gasteiger partial charge in [-0.3, -0.25) is 4.98 Å². The third kappa shape index (κ3) is 5.38. The van der Waals surface area contributed by atoms with Crippen molar-refractivity contribution in [2.24, 2.45) is 5.92 Å². The quantitative estimate of drug-likeness (QED) is 0.564. The summed E-state index contributed by atoms with van der Waals surface area (Å²) >= 11 is 0. The summed E-state index contributed by atoms with van der Waals surface area (Å²) < 4.78 is 0. The summed E-state index contributed by atoms with van der Waals surface area (Å²) in [5.74, 6) is 2.18. The molecular weight excluding hydrogens is 318 g/mol. The molecule has 1 saturated heterocycles. The van der Waals surface area contributed by atoms with E-state index in [9.17, 15) is 0 Å². The summed E-state index contributed by atoms with van der Waals surface area (Å²) in [4.78, 5) is 11.2. The summed E-state index contributed by atoms with van der Waals surface area (Å²) in [6.45, 7) is 2.89. The lowest BCUT2D eigenvalue weighted by atomic mass is 9.97. The Hall–Kier alpha value is -2.22. The second-order valence-corrected chi connectivity index (χ2v) is 6.32. The van der Waals surface area contributed by atoms with Crippen LogP contribution in [0.1, 0.15) is 12.8 Å². The first kappa shape index (κ1) is 17.6. The lowest BCUT2D eigenvalue weighted by molar-refractivity contribution is -0.0376. The first-order valence-corrected chi connectivity index (χ1v) is 8.66. The van der Waals surface area contributed by atoms with E-state index in [1.807, 2.05) is 30.3 Å². The van der Waals surface area contributed by atoms with Crippen LogP contribution in [-0.2, 0) is 0 Å². The van der Waals surface area contributed by atoms with Gasteiger partial charge in [0, 0.05) is 25.3 Å². The van der Waals surface area contributed by atoms with Gasteiger partial charge in [-0.1, -0.05) is 18.2 Å². The molecule has 1 aromatic heterocycles. The molecule has 7 nitrogen and oxygen atoms in total. The van der Waals surface area contributed by atoms with Gasteiger partial charge in [-0.25, -0.2) is 4.98 Å². The fourth-order valence-electron chi connectivity index (χ4n) is 3.02. The largest absolute Gasteiger partial charge is 0.367 e. The molecular formula is C18H25N5O2. The molecule has 1 aliphatic rings. The van der Waals surface area contributed by atoms with Gasteiger partial charge in [-0.15, -0.1) is 0 Å². The minimum Gasteiger partial charge on any atom is -0.367 e. The molecule has 1 aliphatic heterocycles. The van der Waals surface area contributed by atoms with Crippen LogP contribution in [0.5, 0.6) is 0 Å². The molecule has 0 spiro atoms. The maximum Gasteiger partial charge on any atom is 0.164 e. The van der Waals surface area contributed by atoms with Gasteiger partial charge < -0.3 is 25.7 Å². The Morgan fingerprint density at radius 1 is 1.12 bits per heavy atom. The molecule has 25 heavy (non-hydrogen) atoms. The van der Waals surface area contributed by atoms with Crippen molar-refractivity contribution in [1.29, 1.82) is 0 Å². The van der Waals surface area contributed by atoms with Gasteiger partial charge in [-0.05, 0) is 37.4 Å². The number of nitrogens with one attached hydrogen (secondary N) is 2. The summed E-state index contributed by atoms with van der Waals surface area (Å²) in [5.41, 5.74) is 0.991. The molecule has 0 radical (unpaired) electrons. The SMILES string of the molecule is OC(O)CNCC1CCN(c2cncc(Nc3ccccc3)n2)CC1. The number of benzene rings is 1. The third-order valence-electron chi connectivity index (χ3n) is 4.37.